The molecule has 0 fully saturated rings. The Bertz CT molecular complexity index is 361. The Balaban J connectivity index is 2.12. The molecule has 84 valence electrons. The standard InChI is InChI=1S/C7H11N3O4S/c11-4-9-6(15)8-3-1-2-5-10-14-7(12)13-5/h11H,1-4H2,(H2,8,9,15). The van der Waals surface area contributed by atoms with Crippen molar-refractivity contribution in [3.8, 4) is 0 Å². The van der Waals surface area contributed by atoms with E-state index in [-0.39, 0.29) is 12.6 Å². The third kappa shape index (κ3) is 4.56. The summed E-state index contributed by atoms with van der Waals surface area (Å²) in [6, 6.07) is 0. The minimum atomic E-state index is -0.796. The van der Waals surface area contributed by atoms with Crippen LogP contribution in [-0.2, 0) is 6.42 Å². The monoisotopic (exact) mass is 233 g/mol. The number of hydrogen-bond acceptors (Lipinski definition) is 6. The molecule has 0 radical (unpaired) electrons. The molecule has 0 atom stereocenters. The maximum atomic E-state index is 10.4. The molecule has 1 heterocycles. The Morgan fingerprint density at radius 2 is 2.33 bits per heavy atom. The second-order valence-corrected chi connectivity index (χ2v) is 3.03. The number of nitrogens with zero attached hydrogens (tertiary/aromatic N) is 1. The van der Waals surface area contributed by atoms with Gasteiger partial charge in [-0.25, -0.2) is 4.79 Å². The number of aliphatic hydroxyl groups is 1. The van der Waals surface area contributed by atoms with Crippen molar-refractivity contribution in [2.75, 3.05) is 13.3 Å². The molecule has 0 amide bonds. The molecule has 3 N–H and O–H groups in total. The summed E-state index contributed by atoms with van der Waals surface area (Å²) >= 11 is 4.80. The van der Waals surface area contributed by atoms with Crippen LogP contribution < -0.4 is 16.5 Å². The molecule has 0 bridgehead atoms. The summed E-state index contributed by atoms with van der Waals surface area (Å²) in [7, 11) is 0. The van der Waals surface area contributed by atoms with Crippen LogP contribution in [0.5, 0.6) is 0 Å². The fourth-order valence-corrected chi connectivity index (χ4v) is 1.06. The largest absolute Gasteiger partial charge is 0.542 e. The van der Waals surface area contributed by atoms with Gasteiger partial charge in [0.2, 0.25) is 5.89 Å². The van der Waals surface area contributed by atoms with Crippen molar-refractivity contribution in [2.24, 2.45) is 0 Å². The molecule has 0 aromatic carbocycles. The lowest BCUT2D eigenvalue weighted by molar-refractivity contribution is 0.285. The highest BCUT2D eigenvalue weighted by Gasteiger charge is 2.02. The van der Waals surface area contributed by atoms with Gasteiger partial charge in [-0.3, -0.25) is 4.52 Å². The van der Waals surface area contributed by atoms with Crippen molar-refractivity contribution in [1.82, 2.24) is 15.8 Å². The third-order valence-electron chi connectivity index (χ3n) is 1.52. The van der Waals surface area contributed by atoms with Crippen molar-refractivity contribution >= 4 is 17.3 Å². The first-order valence-electron chi connectivity index (χ1n) is 4.30. The summed E-state index contributed by atoms with van der Waals surface area (Å²) in [5, 5.41) is 17.6. The summed E-state index contributed by atoms with van der Waals surface area (Å²) in [4.78, 5) is 10.4. The Morgan fingerprint density at radius 1 is 1.53 bits per heavy atom. The third-order valence-corrected chi connectivity index (χ3v) is 1.80. The number of hydrogen-bond donors (Lipinski definition) is 3. The lowest BCUT2D eigenvalue weighted by atomic mass is 10.3. The van der Waals surface area contributed by atoms with Gasteiger partial charge in [0.1, 0.15) is 6.73 Å². The number of aryl methyl sites for hydroxylation is 1. The van der Waals surface area contributed by atoms with Crippen molar-refractivity contribution in [3.63, 3.8) is 0 Å². The van der Waals surface area contributed by atoms with Crippen LogP contribution in [-0.4, -0.2) is 28.7 Å². The minimum absolute atomic E-state index is 0.204. The molecule has 1 aromatic rings. The van der Waals surface area contributed by atoms with E-state index < -0.39 is 5.82 Å². The zero-order valence-corrected chi connectivity index (χ0v) is 8.67. The van der Waals surface area contributed by atoms with Crippen LogP contribution >= 0.6 is 12.2 Å². The van der Waals surface area contributed by atoms with Gasteiger partial charge >= 0.3 is 5.82 Å². The zero-order valence-electron chi connectivity index (χ0n) is 7.86. The van der Waals surface area contributed by atoms with Gasteiger partial charge in [0.05, 0.1) is 0 Å². The Hall–Kier alpha value is -1.41. The first-order valence-corrected chi connectivity index (χ1v) is 4.71. The van der Waals surface area contributed by atoms with E-state index in [9.17, 15) is 4.79 Å². The predicted octanol–water partition coefficient (Wildman–Crippen LogP) is -1.03. The average molecular weight is 233 g/mol. The normalized spacial score (nSPS) is 9.93. The molecule has 1 aromatic heterocycles. The fourth-order valence-electron chi connectivity index (χ4n) is 0.894. The van der Waals surface area contributed by atoms with Gasteiger partial charge in [0.15, 0.2) is 5.11 Å². The quantitative estimate of drug-likeness (QED) is 0.337. The van der Waals surface area contributed by atoms with Gasteiger partial charge in [-0.1, -0.05) is 0 Å². The van der Waals surface area contributed by atoms with Crippen LogP contribution in [0.15, 0.2) is 13.7 Å². The number of nitrogens with one attached hydrogen (secondary N) is 2. The number of thiocarbonyl (C=S) groups is 1. The molecular formula is C7H11N3O4S. The summed E-state index contributed by atoms with van der Waals surface area (Å²) in [6.07, 6.45) is 1.17. The summed E-state index contributed by atoms with van der Waals surface area (Å²) in [5.74, 6) is -0.529. The molecule has 0 aliphatic rings. The topological polar surface area (TPSA) is 101 Å². The first-order chi connectivity index (χ1) is 7.22. The molecule has 0 spiro atoms. The van der Waals surface area contributed by atoms with E-state index in [1.165, 1.54) is 0 Å². The van der Waals surface area contributed by atoms with Crippen molar-refractivity contribution in [2.45, 2.75) is 12.8 Å². The number of aliphatic hydroxyl groups excluding tert-OH is 1. The van der Waals surface area contributed by atoms with E-state index in [2.05, 4.69) is 24.7 Å². The molecule has 0 aliphatic carbocycles. The highest BCUT2D eigenvalue weighted by atomic mass is 32.1. The fraction of sp³-hybridized carbons (Fsp3) is 0.571. The van der Waals surface area contributed by atoms with Crippen LogP contribution in [0, 0.1) is 0 Å². The smallest absolute Gasteiger partial charge is 0.377 e. The van der Waals surface area contributed by atoms with Crippen molar-refractivity contribution in [1.29, 1.82) is 0 Å². The second-order valence-electron chi connectivity index (χ2n) is 2.62. The maximum absolute atomic E-state index is 10.4. The lowest BCUT2D eigenvalue weighted by Crippen LogP contribution is -2.36. The van der Waals surface area contributed by atoms with Gasteiger partial charge in [-0.2, -0.15) is 0 Å². The van der Waals surface area contributed by atoms with Crippen LogP contribution in [0.1, 0.15) is 12.3 Å². The minimum Gasteiger partial charge on any atom is -0.377 e. The van der Waals surface area contributed by atoms with E-state index >= 15 is 0 Å². The molecule has 0 saturated carbocycles. The lowest BCUT2D eigenvalue weighted by Gasteiger charge is -2.06. The Morgan fingerprint density at radius 3 is 2.93 bits per heavy atom. The van der Waals surface area contributed by atoms with Crippen molar-refractivity contribution < 1.29 is 14.0 Å². The predicted molar refractivity (Wildman–Crippen MR) is 54.2 cm³/mol. The van der Waals surface area contributed by atoms with E-state index in [1.54, 1.807) is 0 Å². The van der Waals surface area contributed by atoms with Gasteiger partial charge < -0.3 is 20.2 Å². The van der Waals surface area contributed by atoms with Crippen molar-refractivity contribution in [3.05, 3.63) is 16.5 Å². The summed E-state index contributed by atoms with van der Waals surface area (Å²) < 4.78 is 8.81. The highest BCUT2D eigenvalue weighted by Crippen LogP contribution is 1.94. The van der Waals surface area contributed by atoms with Gasteiger partial charge in [-0.05, 0) is 23.8 Å². The molecule has 1 rings (SSSR count). The molecule has 8 heteroatoms. The molecule has 15 heavy (non-hydrogen) atoms. The van der Waals surface area contributed by atoms with Crippen LogP contribution in [0.4, 0.5) is 0 Å². The maximum Gasteiger partial charge on any atom is 0.542 e. The van der Waals surface area contributed by atoms with Crippen LogP contribution in [0.25, 0.3) is 0 Å². The Kier molecular flexibility index (Phi) is 4.78. The Labute approximate surface area is 90.4 Å². The SMILES string of the molecule is O=c1onc(CCCNC(=S)NCO)o1. The first kappa shape index (κ1) is 11.7. The van der Waals surface area contributed by atoms with Gasteiger partial charge in [-0.15, -0.1) is 0 Å². The number of rotatable bonds is 5. The molecule has 0 unspecified atom stereocenters. The molecule has 0 saturated heterocycles. The van der Waals surface area contributed by atoms with E-state index in [0.29, 0.717) is 24.5 Å². The number of aromatic nitrogens is 1. The summed E-state index contributed by atoms with van der Waals surface area (Å²) in [6.45, 7) is 0.381. The molecule has 0 aliphatic heterocycles. The van der Waals surface area contributed by atoms with Gasteiger partial charge in [0, 0.05) is 13.0 Å². The molecule has 7 nitrogen and oxygen atoms in total. The zero-order chi connectivity index (χ0) is 11.1. The van der Waals surface area contributed by atoms with E-state index in [1.807, 2.05) is 0 Å². The average Bonchev–Trinajstić information content (AvgIpc) is 2.60. The summed E-state index contributed by atoms with van der Waals surface area (Å²) in [5.41, 5.74) is 0. The molecular weight excluding hydrogens is 222 g/mol. The van der Waals surface area contributed by atoms with Crippen LogP contribution in [0.2, 0.25) is 0 Å². The highest BCUT2D eigenvalue weighted by molar-refractivity contribution is 7.80. The van der Waals surface area contributed by atoms with Crippen LogP contribution in [0.3, 0.4) is 0 Å². The van der Waals surface area contributed by atoms with E-state index in [4.69, 9.17) is 17.3 Å². The van der Waals surface area contributed by atoms with E-state index in [0.717, 1.165) is 0 Å². The van der Waals surface area contributed by atoms with Gasteiger partial charge in [0.25, 0.3) is 0 Å². The second kappa shape index (κ2) is 6.14.